The maximum absolute atomic E-state index is 13.0. The first-order chi connectivity index (χ1) is 14.0. The van der Waals surface area contributed by atoms with Gasteiger partial charge in [-0.25, -0.2) is 4.79 Å². The van der Waals surface area contributed by atoms with E-state index in [0.717, 1.165) is 44.3 Å². The zero-order valence-corrected chi connectivity index (χ0v) is 17.3. The number of rotatable bonds is 3. The highest BCUT2D eigenvalue weighted by atomic mass is 16.2. The molecule has 2 aromatic rings. The van der Waals surface area contributed by atoms with Gasteiger partial charge in [-0.1, -0.05) is 60.7 Å². The summed E-state index contributed by atoms with van der Waals surface area (Å²) in [7, 11) is 4.37. The first-order valence-corrected chi connectivity index (χ1v) is 10.6. The Bertz CT molecular complexity index is 955. The Kier molecular flexibility index (Phi) is 4.28. The van der Waals surface area contributed by atoms with Gasteiger partial charge in [-0.05, 0) is 57.3 Å². The van der Waals surface area contributed by atoms with Gasteiger partial charge < -0.3 is 5.32 Å². The van der Waals surface area contributed by atoms with Crippen LogP contribution in [0.3, 0.4) is 0 Å². The van der Waals surface area contributed by atoms with Crippen LogP contribution in [0.25, 0.3) is 5.70 Å². The second-order valence-corrected chi connectivity index (χ2v) is 9.04. The zero-order valence-electron chi connectivity index (χ0n) is 17.3. The Balaban J connectivity index is 1.37. The fourth-order valence-electron chi connectivity index (χ4n) is 5.59. The number of amides is 2. The minimum Gasteiger partial charge on any atom is -0.330 e. The predicted octanol–water partition coefficient (Wildman–Crippen LogP) is 4.38. The largest absolute Gasteiger partial charge is 0.330 e. The van der Waals surface area contributed by atoms with Gasteiger partial charge >= 0.3 is 6.03 Å². The Labute approximate surface area is 173 Å². The summed E-state index contributed by atoms with van der Waals surface area (Å²) in [4.78, 5) is 17.3. The third-order valence-electron chi connectivity index (χ3n) is 7.38. The van der Waals surface area contributed by atoms with Crippen LogP contribution in [-0.4, -0.2) is 42.0 Å². The van der Waals surface area contributed by atoms with Gasteiger partial charge in [-0.2, -0.15) is 0 Å². The third kappa shape index (κ3) is 2.89. The van der Waals surface area contributed by atoms with Crippen molar-refractivity contribution in [2.24, 2.45) is 0 Å². The van der Waals surface area contributed by atoms with E-state index in [9.17, 15) is 4.79 Å². The monoisotopic (exact) mass is 387 g/mol. The lowest BCUT2D eigenvalue weighted by atomic mass is 9.69. The first-order valence-electron chi connectivity index (χ1n) is 10.6. The zero-order chi connectivity index (χ0) is 20.1. The molecule has 0 aromatic heterocycles. The van der Waals surface area contributed by atoms with Crippen LogP contribution in [0, 0.1) is 0 Å². The van der Waals surface area contributed by atoms with E-state index in [1.54, 1.807) is 0 Å². The molecule has 2 amide bonds. The Hall–Kier alpha value is -2.59. The van der Waals surface area contributed by atoms with Gasteiger partial charge in [0.05, 0.1) is 12.1 Å². The van der Waals surface area contributed by atoms with Gasteiger partial charge in [0.2, 0.25) is 0 Å². The number of nitrogens with one attached hydrogen (secondary N) is 1. The van der Waals surface area contributed by atoms with Crippen molar-refractivity contribution in [2.45, 2.75) is 43.2 Å². The Morgan fingerprint density at radius 3 is 2.34 bits per heavy atom. The van der Waals surface area contributed by atoms with Crippen molar-refractivity contribution in [1.82, 2.24) is 15.1 Å². The van der Waals surface area contributed by atoms with Crippen LogP contribution in [0.2, 0.25) is 0 Å². The molecule has 4 nitrogen and oxygen atoms in total. The lowest BCUT2D eigenvalue weighted by Gasteiger charge is -2.48. The summed E-state index contributed by atoms with van der Waals surface area (Å²) >= 11 is 0. The minimum absolute atomic E-state index is 0.0455. The molecule has 0 bridgehead atoms. The molecular weight excluding hydrogens is 358 g/mol. The lowest BCUT2D eigenvalue weighted by molar-refractivity contribution is 0.0634. The maximum Gasteiger partial charge on any atom is 0.322 e. The quantitative estimate of drug-likeness (QED) is 0.848. The summed E-state index contributed by atoms with van der Waals surface area (Å²) in [5.74, 6) is 0. The molecule has 0 unspecified atom stereocenters. The van der Waals surface area contributed by atoms with Crippen LogP contribution >= 0.6 is 0 Å². The fourth-order valence-corrected chi connectivity index (χ4v) is 5.59. The van der Waals surface area contributed by atoms with E-state index < -0.39 is 0 Å². The van der Waals surface area contributed by atoms with Gasteiger partial charge in [-0.15, -0.1) is 0 Å². The summed E-state index contributed by atoms with van der Waals surface area (Å²) < 4.78 is 0. The highest BCUT2D eigenvalue weighted by molar-refractivity contribution is 5.90. The number of carbonyl (C=O) groups is 1. The summed E-state index contributed by atoms with van der Waals surface area (Å²) in [6.45, 7) is 0.768. The second-order valence-electron chi connectivity index (χ2n) is 9.04. The third-order valence-corrected chi connectivity index (χ3v) is 7.38. The molecule has 150 valence electrons. The molecule has 1 saturated heterocycles. The molecule has 2 aliphatic carbocycles. The highest BCUT2D eigenvalue weighted by Crippen LogP contribution is 2.47. The van der Waals surface area contributed by atoms with Crippen LogP contribution in [0.15, 0.2) is 60.7 Å². The number of carbonyl (C=O) groups excluding carboxylic acids is 1. The number of nitrogens with zero attached hydrogens (tertiary/aromatic N) is 2. The number of urea groups is 1. The highest BCUT2D eigenvalue weighted by Gasteiger charge is 2.50. The standard InChI is InChI=1S/C25H29N3O/c1-27(2)25(20-9-4-3-5-10-20)16-14-24(15-17-25)18-28(23(29)26-24)22-13-12-19-8-6-7-11-21(19)22/h3-11,13H,12,14-18H2,1-2H3,(H,26,29). The number of hydrogen-bond donors (Lipinski definition) is 1. The fraction of sp³-hybridized carbons (Fsp3) is 0.400. The van der Waals surface area contributed by atoms with E-state index in [1.165, 1.54) is 16.7 Å². The lowest BCUT2D eigenvalue weighted by Crippen LogP contribution is -2.53. The number of allylic oxidation sites excluding steroid dienone is 1. The summed E-state index contributed by atoms with van der Waals surface area (Å²) in [6.07, 6.45) is 7.22. The van der Waals surface area contributed by atoms with Crippen LogP contribution in [0.5, 0.6) is 0 Å². The van der Waals surface area contributed by atoms with Gasteiger partial charge in [0.15, 0.2) is 0 Å². The molecule has 1 saturated carbocycles. The van der Waals surface area contributed by atoms with Gasteiger partial charge in [0.25, 0.3) is 0 Å². The molecule has 1 spiro atoms. The molecule has 0 radical (unpaired) electrons. The van der Waals surface area contributed by atoms with Crippen molar-refractivity contribution in [3.8, 4) is 0 Å². The average molecular weight is 388 g/mol. The first kappa shape index (κ1) is 18.4. The van der Waals surface area contributed by atoms with Gasteiger partial charge in [0, 0.05) is 16.8 Å². The molecule has 1 N–H and O–H groups in total. The number of fused-ring (bicyclic) bond motifs is 1. The van der Waals surface area contributed by atoms with Crippen LogP contribution in [0.4, 0.5) is 4.79 Å². The summed E-state index contributed by atoms with van der Waals surface area (Å²) in [6, 6.07) is 19.3. The van der Waals surface area contributed by atoms with Crippen LogP contribution < -0.4 is 5.32 Å². The van der Waals surface area contributed by atoms with E-state index in [2.05, 4.69) is 85.0 Å². The van der Waals surface area contributed by atoms with Crippen LogP contribution in [-0.2, 0) is 12.0 Å². The van der Waals surface area contributed by atoms with Crippen molar-refractivity contribution in [3.05, 3.63) is 77.4 Å². The molecule has 2 fully saturated rings. The smallest absolute Gasteiger partial charge is 0.322 e. The van der Waals surface area contributed by atoms with E-state index in [4.69, 9.17) is 0 Å². The molecule has 4 heteroatoms. The molecule has 29 heavy (non-hydrogen) atoms. The van der Waals surface area contributed by atoms with Crippen molar-refractivity contribution < 1.29 is 4.79 Å². The minimum atomic E-state index is -0.121. The van der Waals surface area contributed by atoms with Crippen molar-refractivity contribution in [1.29, 1.82) is 0 Å². The van der Waals surface area contributed by atoms with Crippen molar-refractivity contribution in [2.75, 3.05) is 20.6 Å². The molecule has 0 atom stereocenters. The van der Waals surface area contributed by atoms with Crippen molar-refractivity contribution >= 4 is 11.7 Å². The summed E-state index contributed by atoms with van der Waals surface area (Å²) in [5, 5.41) is 3.38. The topological polar surface area (TPSA) is 35.6 Å². The molecular formula is C25H29N3O. The van der Waals surface area contributed by atoms with E-state index in [-0.39, 0.29) is 17.1 Å². The molecule has 1 heterocycles. The predicted molar refractivity (Wildman–Crippen MR) is 116 cm³/mol. The Morgan fingerprint density at radius 2 is 1.62 bits per heavy atom. The van der Waals surface area contributed by atoms with Gasteiger partial charge in [-0.3, -0.25) is 9.80 Å². The molecule has 3 aliphatic rings. The normalized spacial score (nSPS) is 28.6. The van der Waals surface area contributed by atoms with Crippen molar-refractivity contribution in [3.63, 3.8) is 0 Å². The van der Waals surface area contributed by atoms with E-state index in [1.807, 2.05) is 4.90 Å². The summed E-state index contributed by atoms with van der Waals surface area (Å²) in [5.41, 5.74) is 4.92. The molecule has 2 aromatic carbocycles. The van der Waals surface area contributed by atoms with E-state index >= 15 is 0 Å². The SMILES string of the molecule is CN(C)C1(c2ccccc2)CCC2(CC1)CN(C1=CCc3ccccc31)C(=O)N2. The molecule has 1 aliphatic heterocycles. The molecule has 5 rings (SSSR count). The van der Waals surface area contributed by atoms with Gasteiger partial charge in [0.1, 0.15) is 0 Å². The number of benzene rings is 2. The van der Waals surface area contributed by atoms with E-state index in [0.29, 0.717) is 0 Å². The average Bonchev–Trinajstić information content (AvgIpc) is 3.30. The number of hydrogen-bond acceptors (Lipinski definition) is 2. The second kappa shape index (κ2) is 6.74. The maximum atomic E-state index is 13.0. The van der Waals surface area contributed by atoms with Crippen LogP contribution in [0.1, 0.15) is 42.4 Å². The Morgan fingerprint density at radius 1 is 0.931 bits per heavy atom.